The molecular weight excluding hydrogens is 154 g/mol. The van der Waals surface area contributed by atoms with Gasteiger partial charge in [0.25, 0.3) is 0 Å². The van der Waals surface area contributed by atoms with Gasteiger partial charge in [0, 0.05) is 6.54 Å². The maximum absolute atomic E-state index is 7.75. The van der Waals surface area contributed by atoms with E-state index in [2.05, 4.69) is 6.92 Å². The number of nitrogens with two attached hydrogens (primary N) is 3. The third-order valence-electron chi connectivity index (χ3n) is 1.43. The molecule has 76 valence electrons. The molecule has 0 aliphatic heterocycles. The predicted octanol–water partition coefficient (Wildman–Crippen LogP) is -0.742. The third-order valence-corrected chi connectivity index (χ3v) is 1.43. The lowest BCUT2D eigenvalue weighted by Crippen LogP contribution is -2.12. The average molecular weight is 177 g/mol. The van der Waals surface area contributed by atoms with Crippen molar-refractivity contribution in [2.75, 3.05) is 26.2 Å². The molecule has 4 heteroatoms. The molecule has 0 aromatic heterocycles. The van der Waals surface area contributed by atoms with Gasteiger partial charge in [0.1, 0.15) is 0 Å². The fraction of sp³-hybridized carbons (Fsp3) is 1.00. The van der Waals surface area contributed by atoms with E-state index in [-0.39, 0.29) is 6.61 Å². The van der Waals surface area contributed by atoms with Gasteiger partial charge in [-0.3, -0.25) is 0 Å². The van der Waals surface area contributed by atoms with Crippen LogP contribution in [-0.4, -0.2) is 31.3 Å². The summed E-state index contributed by atoms with van der Waals surface area (Å²) in [4.78, 5) is 0. The van der Waals surface area contributed by atoms with Gasteiger partial charge in [0.2, 0.25) is 0 Å². The summed E-state index contributed by atoms with van der Waals surface area (Å²) in [6.07, 6.45) is 2.28. The molecule has 0 aliphatic rings. The summed E-state index contributed by atoms with van der Waals surface area (Å²) >= 11 is 0. The van der Waals surface area contributed by atoms with Crippen LogP contribution in [0.1, 0.15) is 19.8 Å². The molecule has 0 aromatic rings. The second-order valence-corrected chi connectivity index (χ2v) is 2.78. The molecule has 0 aromatic carbocycles. The van der Waals surface area contributed by atoms with Crippen LogP contribution in [0.5, 0.6) is 0 Å². The molecule has 0 fully saturated rings. The van der Waals surface area contributed by atoms with Gasteiger partial charge in [0.05, 0.1) is 6.61 Å². The Hall–Kier alpha value is -0.160. The maximum atomic E-state index is 7.75. The van der Waals surface area contributed by atoms with Gasteiger partial charge >= 0.3 is 0 Å². The van der Waals surface area contributed by atoms with Crippen LogP contribution in [0.3, 0.4) is 0 Å². The number of aliphatic hydroxyl groups excluding tert-OH is 1. The number of hydrogen-bond acceptors (Lipinski definition) is 4. The van der Waals surface area contributed by atoms with Crippen molar-refractivity contribution in [3.63, 3.8) is 0 Å². The molecule has 4 nitrogen and oxygen atoms in total. The van der Waals surface area contributed by atoms with Gasteiger partial charge < -0.3 is 22.3 Å². The number of rotatable bonds is 5. The maximum Gasteiger partial charge on any atom is 0.0553 e. The first-order valence-corrected chi connectivity index (χ1v) is 4.43. The van der Waals surface area contributed by atoms with Gasteiger partial charge in [-0.15, -0.1) is 0 Å². The molecule has 0 rings (SSSR count). The minimum Gasteiger partial charge on any atom is -0.395 e. The highest BCUT2D eigenvalue weighted by atomic mass is 16.3. The summed E-state index contributed by atoms with van der Waals surface area (Å²) in [7, 11) is 0. The zero-order valence-electron chi connectivity index (χ0n) is 8.00. The summed E-state index contributed by atoms with van der Waals surface area (Å²) in [5, 5.41) is 7.75. The molecule has 0 spiro atoms. The first kappa shape index (κ1) is 14.4. The summed E-state index contributed by atoms with van der Waals surface area (Å²) < 4.78 is 0. The SMILES string of the molecule is CC(CN)CCCN.NCCO. The van der Waals surface area contributed by atoms with Gasteiger partial charge in [-0.05, 0) is 31.8 Å². The molecule has 12 heavy (non-hydrogen) atoms. The van der Waals surface area contributed by atoms with Gasteiger partial charge in [0.15, 0.2) is 0 Å². The van der Waals surface area contributed by atoms with E-state index < -0.39 is 0 Å². The topological polar surface area (TPSA) is 98.3 Å². The van der Waals surface area contributed by atoms with E-state index in [1.807, 2.05) is 0 Å². The highest BCUT2D eigenvalue weighted by molar-refractivity contribution is 4.52. The van der Waals surface area contributed by atoms with Crippen molar-refractivity contribution in [2.24, 2.45) is 23.1 Å². The zero-order valence-corrected chi connectivity index (χ0v) is 8.00. The minimum absolute atomic E-state index is 0.0972. The second-order valence-electron chi connectivity index (χ2n) is 2.78. The average Bonchev–Trinajstić information content (AvgIpc) is 2.14. The van der Waals surface area contributed by atoms with E-state index in [9.17, 15) is 0 Å². The highest BCUT2D eigenvalue weighted by Crippen LogP contribution is 2.00. The zero-order chi connectivity index (χ0) is 9.82. The molecule has 0 aliphatic carbocycles. The summed E-state index contributed by atoms with van der Waals surface area (Å²) in [5.41, 5.74) is 15.4. The molecule has 0 saturated carbocycles. The van der Waals surface area contributed by atoms with Crippen LogP contribution in [0.2, 0.25) is 0 Å². The van der Waals surface area contributed by atoms with Crippen LogP contribution in [0, 0.1) is 5.92 Å². The first-order chi connectivity index (χ1) is 5.72. The first-order valence-electron chi connectivity index (χ1n) is 4.43. The molecule has 0 heterocycles. The largest absolute Gasteiger partial charge is 0.395 e. The Morgan fingerprint density at radius 3 is 1.92 bits per heavy atom. The fourth-order valence-electron chi connectivity index (χ4n) is 0.584. The lowest BCUT2D eigenvalue weighted by molar-refractivity contribution is 0.306. The normalized spacial score (nSPS) is 11.8. The highest BCUT2D eigenvalue weighted by Gasteiger charge is 1.95. The van der Waals surface area contributed by atoms with Crippen molar-refractivity contribution in [3.05, 3.63) is 0 Å². The van der Waals surface area contributed by atoms with E-state index >= 15 is 0 Å². The molecule has 0 bridgehead atoms. The van der Waals surface area contributed by atoms with Crippen LogP contribution >= 0.6 is 0 Å². The van der Waals surface area contributed by atoms with E-state index in [1.54, 1.807) is 0 Å². The smallest absolute Gasteiger partial charge is 0.0553 e. The quantitative estimate of drug-likeness (QED) is 0.444. The van der Waals surface area contributed by atoms with Gasteiger partial charge in [-0.1, -0.05) is 6.92 Å². The standard InChI is InChI=1S/C6H16N2.C2H7NO/c1-6(5-8)3-2-4-7;3-1-2-4/h6H,2-5,7-8H2,1H3;4H,1-3H2. The molecule has 0 radical (unpaired) electrons. The van der Waals surface area contributed by atoms with Gasteiger partial charge in [-0.25, -0.2) is 0 Å². The molecular formula is C8H23N3O. The number of hydrogen-bond donors (Lipinski definition) is 4. The summed E-state index contributed by atoms with van der Waals surface area (Å²) in [5.74, 6) is 0.651. The van der Waals surface area contributed by atoms with Crippen molar-refractivity contribution in [3.8, 4) is 0 Å². The van der Waals surface area contributed by atoms with Crippen LogP contribution < -0.4 is 17.2 Å². The lowest BCUT2D eigenvalue weighted by Gasteiger charge is -2.04. The Kier molecular flexibility index (Phi) is 16.1. The van der Waals surface area contributed by atoms with E-state index in [0.717, 1.165) is 19.5 Å². The van der Waals surface area contributed by atoms with Gasteiger partial charge in [-0.2, -0.15) is 0 Å². The van der Waals surface area contributed by atoms with Crippen molar-refractivity contribution in [1.82, 2.24) is 0 Å². The van der Waals surface area contributed by atoms with Crippen molar-refractivity contribution in [1.29, 1.82) is 0 Å². The fourth-order valence-corrected chi connectivity index (χ4v) is 0.584. The molecule has 0 saturated heterocycles. The Labute approximate surface area is 75.1 Å². The lowest BCUT2D eigenvalue weighted by atomic mass is 10.1. The number of aliphatic hydroxyl groups is 1. The molecule has 1 atom stereocenters. The van der Waals surface area contributed by atoms with Crippen LogP contribution in [0.4, 0.5) is 0 Å². The Bertz CT molecular complexity index is 69.3. The van der Waals surface area contributed by atoms with Crippen LogP contribution in [0.25, 0.3) is 0 Å². The Morgan fingerprint density at radius 2 is 1.67 bits per heavy atom. The summed E-state index contributed by atoms with van der Waals surface area (Å²) in [6, 6.07) is 0. The van der Waals surface area contributed by atoms with E-state index in [1.165, 1.54) is 6.42 Å². The van der Waals surface area contributed by atoms with Crippen LogP contribution in [-0.2, 0) is 0 Å². The van der Waals surface area contributed by atoms with Crippen molar-refractivity contribution >= 4 is 0 Å². The molecule has 7 N–H and O–H groups in total. The molecule has 1 unspecified atom stereocenters. The second kappa shape index (κ2) is 13.4. The summed E-state index contributed by atoms with van der Waals surface area (Å²) in [6.45, 7) is 4.21. The monoisotopic (exact) mass is 177 g/mol. The minimum atomic E-state index is 0.0972. The van der Waals surface area contributed by atoms with E-state index in [0.29, 0.717) is 12.5 Å². The third kappa shape index (κ3) is 16.4. The predicted molar refractivity (Wildman–Crippen MR) is 52.6 cm³/mol. The van der Waals surface area contributed by atoms with Crippen molar-refractivity contribution in [2.45, 2.75) is 19.8 Å². The van der Waals surface area contributed by atoms with Crippen molar-refractivity contribution < 1.29 is 5.11 Å². The van der Waals surface area contributed by atoms with Crippen LogP contribution in [0.15, 0.2) is 0 Å². The molecule has 0 amide bonds. The van der Waals surface area contributed by atoms with E-state index in [4.69, 9.17) is 22.3 Å². The Morgan fingerprint density at radius 1 is 1.17 bits per heavy atom. The Balaban J connectivity index is 0.